The Labute approximate surface area is 143 Å². The predicted molar refractivity (Wildman–Crippen MR) is 98.2 cm³/mol. The van der Waals surface area contributed by atoms with Crippen LogP contribution in [0.2, 0.25) is 0 Å². The van der Waals surface area contributed by atoms with Crippen molar-refractivity contribution in [1.82, 2.24) is 10.3 Å². The highest BCUT2D eigenvalue weighted by atomic mass is 32.1. The minimum absolute atomic E-state index is 0.0132. The zero-order valence-electron chi connectivity index (χ0n) is 13.3. The van der Waals surface area contributed by atoms with Gasteiger partial charge < -0.3 is 16.4 Å². The fraction of sp³-hybridized carbons (Fsp3) is 0.222. The van der Waals surface area contributed by atoms with Crippen molar-refractivity contribution in [3.05, 3.63) is 53.1 Å². The van der Waals surface area contributed by atoms with E-state index in [1.807, 2.05) is 31.2 Å². The van der Waals surface area contributed by atoms with Gasteiger partial charge in [0.05, 0.1) is 16.3 Å². The molecule has 1 atom stereocenters. The number of amides is 1. The normalized spacial score (nSPS) is 16.8. The molecule has 0 aliphatic carbocycles. The number of fused-ring (bicyclic) bond motifs is 2. The first-order valence-corrected chi connectivity index (χ1v) is 8.69. The monoisotopic (exact) mass is 338 g/mol. The number of anilines is 2. The molecule has 2 heterocycles. The number of carbonyl (C=O) groups excluding carboxylic acids is 1. The molecule has 24 heavy (non-hydrogen) atoms. The Morgan fingerprint density at radius 3 is 2.96 bits per heavy atom. The van der Waals surface area contributed by atoms with Crippen LogP contribution in [-0.4, -0.2) is 16.9 Å². The number of thiazole rings is 1. The quantitative estimate of drug-likeness (QED) is 0.671. The predicted octanol–water partition coefficient (Wildman–Crippen LogP) is 2.84. The van der Waals surface area contributed by atoms with Gasteiger partial charge in [0, 0.05) is 12.2 Å². The standard InChI is InChI=1S/C18H18N4OS/c1-10-6-13(8-15-16(10)22-18(19)24-15)21-17(23)14-7-11-4-2-3-5-12(11)9-20-14/h2-6,8,14,20H,7,9H2,1H3,(H2,19,22)(H,21,23)/t14-/m1/s1. The van der Waals surface area contributed by atoms with Gasteiger partial charge in [-0.05, 0) is 42.2 Å². The van der Waals surface area contributed by atoms with Crippen LogP contribution in [0.4, 0.5) is 10.8 Å². The molecule has 6 heteroatoms. The topological polar surface area (TPSA) is 80.0 Å². The molecular formula is C18H18N4OS. The van der Waals surface area contributed by atoms with Gasteiger partial charge >= 0.3 is 0 Å². The first-order chi connectivity index (χ1) is 11.6. The van der Waals surface area contributed by atoms with Crippen LogP contribution in [0.25, 0.3) is 10.2 Å². The highest BCUT2D eigenvalue weighted by Crippen LogP contribution is 2.29. The van der Waals surface area contributed by atoms with Crippen molar-refractivity contribution in [3.8, 4) is 0 Å². The number of nitrogens with two attached hydrogens (primary N) is 1. The average molecular weight is 338 g/mol. The van der Waals surface area contributed by atoms with Crippen molar-refractivity contribution in [2.75, 3.05) is 11.1 Å². The molecule has 4 N–H and O–H groups in total. The maximum atomic E-state index is 12.6. The van der Waals surface area contributed by atoms with Crippen molar-refractivity contribution in [2.45, 2.75) is 25.9 Å². The molecule has 1 aliphatic heterocycles. The molecule has 0 fully saturated rings. The van der Waals surface area contributed by atoms with Crippen LogP contribution in [0.15, 0.2) is 36.4 Å². The van der Waals surface area contributed by atoms with E-state index in [4.69, 9.17) is 5.73 Å². The number of nitrogens with one attached hydrogen (secondary N) is 2. The van der Waals surface area contributed by atoms with Crippen LogP contribution in [-0.2, 0) is 17.8 Å². The highest BCUT2D eigenvalue weighted by molar-refractivity contribution is 7.22. The lowest BCUT2D eigenvalue weighted by Crippen LogP contribution is -2.44. The van der Waals surface area contributed by atoms with E-state index in [-0.39, 0.29) is 11.9 Å². The summed E-state index contributed by atoms with van der Waals surface area (Å²) in [5.74, 6) is -0.0132. The molecule has 2 aromatic carbocycles. The molecule has 1 aromatic heterocycles. The van der Waals surface area contributed by atoms with Crippen LogP contribution in [0.1, 0.15) is 16.7 Å². The Kier molecular flexibility index (Phi) is 3.70. The summed E-state index contributed by atoms with van der Waals surface area (Å²) in [6, 6.07) is 11.9. The van der Waals surface area contributed by atoms with E-state index < -0.39 is 0 Å². The number of aryl methyl sites for hydroxylation is 1. The summed E-state index contributed by atoms with van der Waals surface area (Å²) in [4.78, 5) is 16.9. The summed E-state index contributed by atoms with van der Waals surface area (Å²) < 4.78 is 0.991. The maximum Gasteiger partial charge on any atom is 0.241 e. The first-order valence-electron chi connectivity index (χ1n) is 7.88. The van der Waals surface area contributed by atoms with Crippen LogP contribution >= 0.6 is 11.3 Å². The Morgan fingerprint density at radius 2 is 2.12 bits per heavy atom. The minimum atomic E-state index is -0.220. The number of nitrogens with zero attached hydrogens (tertiary/aromatic N) is 1. The Hall–Kier alpha value is -2.44. The second kappa shape index (κ2) is 5.89. The first kappa shape index (κ1) is 15.1. The summed E-state index contributed by atoms with van der Waals surface area (Å²) in [5, 5.41) is 6.87. The largest absolute Gasteiger partial charge is 0.375 e. The second-order valence-electron chi connectivity index (χ2n) is 6.09. The van der Waals surface area contributed by atoms with E-state index in [0.717, 1.165) is 28.0 Å². The Morgan fingerprint density at radius 1 is 1.33 bits per heavy atom. The summed E-state index contributed by atoms with van der Waals surface area (Å²) in [7, 11) is 0. The number of aromatic nitrogens is 1. The van der Waals surface area contributed by atoms with Crippen molar-refractivity contribution in [1.29, 1.82) is 0 Å². The lowest BCUT2D eigenvalue weighted by molar-refractivity contribution is -0.118. The van der Waals surface area contributed by atoms with Gasteiger partial charge in [0.1, 0.15) is 0 Å². The van der Waals surface area contributed by atoms with Gasteiger partial charge in [-0.2, -0.15) is 0 Å². The fourth-order valence-electron chi connectivity index (χ4n) is 3.16. The van der Waals surface area contributed by atoms with Crippen molar-refractivity contribution in [3.63, 3.8) is 0 Å². The van der Waals surface area contributed by atoms with E-state index in [0.29, 0.717) is 11.6 Å². The Balaban J connectivity index is 1.54. The van der Waals surface area contributed by atoms with Gasteiger partial charge in [-0.15, -0.1) is 0 Å². The van der Waals surface area contributed by atoms with Crippen LogP contribution < -0.4 is 16.4 Å². The van der Waals surface area contributed by atoms with Crippen LogP contribution in [0.5, 0.6) is 0 Å². The van der Waals surface area contributed by atoms with Crippen LogP contribution in [0.3, 0.4) is 0 Å². The smallest absolute Gasteiger partial charge is 0.241 e. The van der Waals surface area contributed by atoms with E-state index >= 15 is 0 Å². The number of hydrogen-bond acceptors (Lipinski definition) is 5. The summed E-state index contributed by atoms with van der Waals surface area (Å²) in [6.07, 6.45) is 0.705. The molecule has 5 nitrogen and oxygen atoms in total. The number of nitrogen functional groups attached to an aromatic ring is 1. The third-order valence-electron chi connectivity index (χ3n) is 4.37. The van der Waals surface area contributed by atoms with Gasteiger partial charge in [-0.3, -0.25) is 4.79 Å². The average Bonchev–Trinajstić information content (AvgIpc) is 2.95. The van der Waals surface area contributed by atoms with E-state index in [2.05, 4.69) is 27.8 Å². The van der Waals surface area contributed by atoms with E-state index in [9.17, 15) is 4.79 Å². The molecule has 0 spiro atoms. The van der Waals surface area contributed by atoms with Gasteiger partial charge in [-0.25, -0.2) is 4.98 Å². The molecule has 4 rings (SSSR count). The van der Waals surface area contributed by atoms with Crippen molar-refractivity contribution >= 4 is 38.3 Å². The fourth-order valence-corrected chi connectivity index (χ4v) is 4.01. The van der Waals surface area contributed by atoms with E-state index in [1.54, 1.807) is 0 Å². The van der Waals surface area contributed by atoms with Crippen LogP contribution in [0, 0.1) is 6.92 Å². The van der Waals surface area contributed by atoms with Crippen molar-refractivity contribution in [2.24, 2.45) is 0 Å². The number of carbonyl (C=O) groups is 1. The molecule has 0 saturated heterocycles. The SMILES string of the molecule is Cc1cc(NC(=O)[C@H]2Cc3ccccc3CN2)cc2sc(N)nc12. The lowest BCUT2D eigenvalue weighted by atomic mass is 9.95. The van der Waals surface area contributed by atoms with Gasteiger partial charge in [0.25, 0.3) is 0 Å². The Bertz CT molecular complexity index is 934. The third kappa shape index (κ3) is 2.74. The highest BCUT2D eigenvalue weighted by Gasteiger charge is 2.24. The van der Waals surface area contributed by atoms with Gasteiger partial charge in [-0.1, -0.05) is 35.6 Å². The molecule has 1 aliphatic rings. The summed E-state index contributed by atoms with van der Waals surface area (Å²) in [6.45, 7) is 2.70. The number of rotatable bonds is 2. The molecule has 1 amide bonds. The van der Waals surface area contributed by atoms with Crippen molar-refractivity contribution < 1.29 is 4.79 Å². The zero-order valence-corrected chi connectivity index (χ0v) is 14.1. The molecule has 0 unspecified atom stereocenters. The lowest BCUT2D eigenvalue weighted by Gasteiger charge is -2.25. The molecular weight excluding hydrogens is 320 g/mol. The van der Waals surface area contributed by atoms with Gasteiger partial charge in [0.2, 0.25) is 5.91 Å². The van der Waals surface area contributed by atoms with Gasteiger partial charge in [0.15, 0.2) is 5.13 Å². The molecule has 122 valence electrons. The minimum Gasteiger partial charge on any atom is -0.375 e. The zero-order chi connectivity index (χ0) is 16.7. The summed E-state index contributed by atoms with van der Waals surface area (Å²) >= 11 is 1.43. The molecule has 3 aromatic rings. The number of hydrogen-bond donors (Lipinski definition) is 3. The third-order valence-corrected chi connectivity index (χ3v) is 5.20. The van der Waals surface area contributed by atoms with E-state index in [1.165, 1.54) is 22.5 Å². The summed E-state index contributed by atoms with van der Waals surface area (Å²) in [5.41, 5.74) is 11.0. The maximum absolute atomic E-state index is 12.6. The molecule has 0 bridgehead atoms. The second-order valence-corrected chi connectivity index (χ2v) is 7.15. The molecule has 0 radical (unpaired) electrons. The number of benzene rings is 2. The molecule has 0 saturated carbocycles.